The Bertz CT molecular complexity index is 1790. The van der Waals surface area contributed by atoms with Gasteiger partial charge in [0.2, 0.25) is 5.13 Å². The van der Waals surface area contributed by atoms with E-state index in [0.29, 0.717) is 70.6 Å². The van der Waals surface area contributed by atoms with Crippen molar-refractivity contribution in [2.75, 3.05) is 31.3 Å². The van der Waals surface area contributed by atoms with E-state index < -0.39 is 17.7 Å². The number of amides is 1. The van der Waals surface area contributed by atoms with E-state index >= 15 is 0 Å². The van der Waals surface area contributed by atoms with E-state index in [2.05, 4.69) is 34.5 Å². The van der Waals surface area contributed by atoms with Crippen molar-refractivity contribution in [2.45, 2.75) is 43.3 Å². The number of hydrogen-bond acceptors (Lipinski definition) is 11. The number of ketones is 1. The summed E-state index contributed by atoms with van der Waals surface area (Å²) in [6, 6.07) is 17.4. The molecule has 4 aromatic rings. The van der Waals surface area contributed by atoms with Crippen LogP contribution in [0.4, 0.5) is 5.13 Å². The quantitative estimate of drug-likeness (QED) is 0.0611. The lowest BCUT2D eigenvalue weighted by molar-refractivity contribution is -0.132. The van der Waals surface area contributed by atoms with Crippen molar-refractivity contribution in [2.24, 2.45) is 0 Å². The molecule has 46 heavy (non-hydrogen) atoms. The molecule has 3 heterocycles. The molecular formula is C34H33N3O7S2. The van der Waals surface area contributed by atoms with E-state index in [9.17, 15) is 14.7 Å². The normalized spacial score (nSPS) is 16.9. The second kappa shape index (κ2) is 13.8. The summed E-state index contributed by atoms with van der Waals surface area (Å²) < 4.78 is 23.8. The highest BCUT2D eigenvalue weighted by Gasteiger charge is 2.48. The summed E-state index contributed by atoms with van der Waals surface area (Å²) in [7, 11) is 0. The van der Waals surface area contributed by atoms with Gasteiger partial charge in [-0.25, -0.2) is 0 Å². The molecule has 1 aromatic heterocycles. The topological polar surface area (TPSA) is 120 Å². The van der Waals surface area contributed by atoms with E-state index in [1.54, 1.807) is 36.4 Å². The predicted molar refractivity (Wildman–Crippen MR) is 176 cm³/mol. The van der Waals surface area contributed by atoms with Crippen LogP contribution in [0.1, 0.15) is 48.6 Å². The first-order valence-corrected chi connectivity index (χ1v) is 16.8. The molecule has 1 fully saturated rings. The summed E-state index contributed by atoms with van der Waals surface area (Å²) in [5.74, 6) is 0.644. The highest BCUT2D eigenvalue weighted by atomic mass is 32.2. The Morgan fingerprint density at radius 2 is 1.76 bits per heavy atom. The monoisotopic (exact) mass is 659 g/mol. The summed E-state index contributed by atoms with van der Waals surface area (Å²) >= 11 is 2.70. The van der Waals surface area contributed by atoms with Crippen LogP contribution in [0, 0.1) is 6.92 Å². The molecule has 1 unspecified atom stereocenters. The van der Waals surface area contributed by atoms with Gasteiger partial charge in [-0.05, 0) is 61.7 Å². The van der Waals surface area contributed by atoms with Crippen molar-refractivity contribution in [3.05, 3.63) is 88.5 Å². The largest absolute Gasteiger partial charge is 0.507 e. The smallest absolute Gasteiger partial charge is 0.301 e. The van der Waals surface area contributed by atoms with Gasteiger partial charge in [0.15, 0.2) is 27.3 Å². The lowest BCUT2D eigenvalue weighted by atomic mass is 9.95. The Morgan fingerprint density at radius 1 is 0.978 bits per heavy atom. The third kappa shape index (κ3) is 6.40. The molecule has 2 aliphatic heterocycles. The van der Waals surface area contributed by atoms with Gasteiger partial charge in [-0.3, -0.25) is 14.5 Å². The molecule has 0 aliphatic carbocycles. The number of aryl methyl sites for hydroxylation is 1. The van der Waals surface area contributed by atoms with E-state index in [1.807, 2.05) is 20.8 Å². The van der Waals surface area contributed by atoms with Gasteiger partial charge < -0.3 is 24.1 Å². The number of anilines is 1. The van der Waals surface area contributed by atoms with Gasteiger partial charge in [0.05, 0.1) is 24.8 Å². The third-order valence-corrected chi connectivity index (χ3v) is 9.52. The lowest BCUT2D eigenvalue weighted by Crippen LogP contribution is -2.29. The molecule has 2 aliphatic rings. The molecule has 1 amide bonds. The van der Waals surface area contributed by atoms with Crippen molar-refractivity contribution < 1.29 is 33.6 Å². The number of hydrogen-bond donors (Lipinski definition) is 1. The summed E-state index contributed by atoms with van der Waals surface area (Å²) in [6.45, 7) is 7.55. The maximum Gasteiger partial charge on any atom is 0.301 e. The number of Topliss-reactive ketones (excluding diaryl/α,β-unsaturated/α-hetero) is 1. The van der Waals surface area contributed by atoms with Crippen molar-refractivity contribution >= 4 is 45.7 Å². The minimum Gasteiger partial charge on any atom is -0.507 e. The van der Waals surface area contributed by atoms with Crippen LogP contribution in [0.5, 0.6) is 23.0 Å². The SMILES string of the molecule is CCCOc1ccc(C2/C(=C(/O)c3ccc4c(c3)OCCO4)C(=O)C(=O)N2c2nnc(SCc3ccc(C)cc3)s2)cc1OCC. The summed E-state index contributed by atoms with van der Waals surface area (Å²) in [6.07, 6.45) is 0.810. The number of fused-ring (bicyclic) bond motifs is 1. The van der Waals surface area contributed by atoms with Gasteiger partial charge in [-0.1, -0.05) is 65.9 Å². The van der Waals surface area contributed by atoms with Crippen LogP contribution in [0.25, 0.3) is 5.76 Å². The lowest BCUT2D eigenvalue weighted by Gasteiger charge is -2.24. The van der Waals surface area contributed by atoms with Gasteiger partial charge in [0.1, 0.15) is 19.0 Å². The number of carbonyl (C=O) groups is 2. The minimum atomic E-state index is -1.02. The van der Waals surface area contributed by atoms with Gasteiger partial charge >= 0.3 is 5.91 Å². The number of aliphatic hydroxyl groups excluding tert-OH is 1. The summed E-state index contributed by atoms with van der Waals surface area (Å²) in [5.41, 5.74) is 3.06. The van der Waals surface area contributed by atoms with Gasteiger partial charge in [0.25, 0.3) is 5.78 Å². The summed E-state index contributed by atoms with van der Waals surface area (Å²) in [5, 5.41) is 20.6. The first-order valence-electron chi connectivity index (χ1n) is 15.0. The van der Waals surface area contributed by atoms with Crippen LogP contribution in [0.15, 0.2) is 70.6 Å². The number of thioether (sulfide) groups is 1. The van der Waals surface area contributed by atoms with E-state index in [0.717, 1.165) is 12.0 Å². The highest BCUT2D eigenvalue weighted by molar-refractivity contribution is 8.00. The highest BCUT2D eigenvalue weighted by Crippen LogP contribution is 2.46. The van der Waals surface area contributed by atoms with Crippen molar-refractivity contribution in [1.29, 1.82) is 0 Å². The van der Waals surface area contributed by atoms with Crippen LogP contribution in [-0.2, 0) is 15.3 Å². The van der Waals surface area contributed by atoms with E-state index in [4.69, 9.17) is 18.9 Å². The summed E-state index contributed by atoms with van der Waals surface area (Å²) in [4.78, 5) is 28.8. The Kier molecular flexibility index (Phi) is 9.46. The molecule has 3 aromatic carbocycles. The zero-order valence-electron chi connectivity index (χ0n) is 25.6. The fourth-order valence-electron chi connectivity index (χ4n) is 5.17. The third-order valence-electron chi connectivity index (χ3n) is 7.39. The fourth-order valence-corrected chi connectivity index (χ4v) is 7.00. The van der Waals surface area contributed by atoms with Crippen LogP contribution < -0.4 is 23.8 Å². The number of benzene rings is 3. The minimum absolute atomic E-state index is 0.0876. The van der Waals surface area contributed by atoms with Gasteiger partial charge in [-0.15, -0.1) is 10.2 Å². The van der Waals surface area contributed by atoms with Crippen LogP contribution in [0.3, 0.4) is 0 Å². The van der Waals surface area contributed by atoms with Crippen LogP contribution in [-0.4, -0.2) is 53.4 Å². The Morgan fingerprint density at radius 3 is 2.52 bits per heavy atom. The molecule has 1 atom stereocenters. The number of nitrogens with zero attached hydrogens (tertiary/aromatic N) is 3. The number of aliphatic hydroxyl groups is 1. The second-order valence-electron chi connectivity index (χ2n) is 10.6. The number of carbonyl (C=O) groups excluding carboxylic acids is 2. The average Bonchev–Trinajstić information content (AvgIpc) is 3.65. The van der Waals surface area contributed by atoms with Crippen molar-refractivity contribution in [3.8, 4) is 23.0 Å². The standard InChI is InChI=1S/C34H33N3O7S2/c1-4-14-42-24-12-10-22(17-26(24)41-5-2)29-28(30(38)23-11-13-25-27(18-23)44-16-15-43-25)31(39)32(40)37(29)33-35-36-34(46-33)45-19-21-8-6-20(3)7-9-21/h6-13,17-18,29,38H,4-5,14-16,19H2,1-3H3/b30-28-. The Hall–Kier alpha value is -4.55. The molecule has 10 nitrogen and oxygen atoms in total. The molecule has 0 radical (unpaired) electrons. The van der Waals surface area contributed by atoms with Crippen molar-refractivity contribution in [3.63, 3.8) is 0 Å². The first-order chi connectivity index (χ1) is 22.4. The van der Waals surface area contributed by atoms with Gasteiger partial charge in [0, 0.05) is 11.3 Å². The molecular weight excluding hydrogens is 627 g/mol. The van der Waals surface area contributed by atoms with Gasteiger partial charge in [-0.2, -0.15) is 0 Å². The molecule has 1 saturated heterocycles. The van der Waals surface area contributed by atoms with E-state index in [1.165, 1.54) is 33.6 Å². The molecule has 6 rings (SSSR count). The fraction of sp³-hybridized carbons (Fsp3) is 0.294. The Balaban J connectivity index is 1.42. The van der Waals surface area contributed by atoms with E-state index in [-0.39, 0.29) is 16.5 Å². The molecule has 1 N–H and O–H groups in total. The van der Waals surface area contributed by atoms with Crippen LogP contribution >= 0.6 is 23.1 Å². The number of rotatable bonds is 11. The molecule has 0 saturated carbocycles. The first kappa shape index (κ1) is 31.4. The maximum absolute atomic E-state index is 13.8. The number of ether oxygens (including phenoxy) is 4. The maximum atomic E-state index is 13.8. The molecule has 238 valence electrons. The van der Waals surface area contributed by atoms with Crippen LogP contribution in [0.2, 0.25) is 0 Å². The predicted octanol–water partition coefficient (Wildman–Crippen LogP) is 6.72. The molecule has 0 spiro atoms. The average molecular weight is 660 g/mol. The molecule has 12 heteroatoms. The number of aromatic nitrogens is 2. The Labute approximate surface area is 275 Å². The van der Waals surface area contributed by atoms with Crippen molar-refractivity contribution in [1.82, 2.24) is 10.2 Å². The second-order valence-corrected chi connectivity index (χ2v) is 12.8. The molecule has 0 bridgehead atoms. The zero-order valence-corrected chi connectivity index (χ0v) is 27.3. The zero-order chi connectivity index (χ0) is 32.2.